The highest BCUT2D eigenvalue weighted by molar-refractivity contribution is 5.88. The summed E-state index contributed by atoms with van der Waals surface area (Å²) in [6, 6.07) is 11.2. The zero-order chi connectivity index (χ0) is 22.1. The molecule has 0 N–H and O–H groups in total. The lowest BCUT2D eigenvalue weighted by Gasteiger charge is -2.36. The van der Waals surface area contributed by atoms with E-state index in [9.17, 15) is 8.78 Å². The minimum Gasteiger partial charge on any atom is -0.301 e. The van der Waals surface area contributed by atoms with Gasteiger partial charge >= 0.3 is 0 Å². The molecule has 6 heteroatoms. The number of nitrogens with zero attached hydrogens (tertiary/aromatic N) is 4. The van der Waals surface area contributed by atoms with Crippen molar-refractivity contribution < 1.29 is 8.78 Å². The predicted molar refractivity (Wildman–Crippen MR) is 119 cm³/mol. The summed E-state index contributed by atoms with van der Waals surface area (Å²) in [6.45, 7) is 12.2. The van der Waals surface area contributed by atoms with Gasteiger partial charge in [0.2, 0.25) is 0 Å². The molecule has 5 rings (SSSR count). The van der Waals surface area contributed by atoms with E-state index in [1.165, 1.54) is 18.2 Å². The number of anilines is 4. The number of halogens is 2. The molecule has 0 spiro atoms. The van der Waals surface area contributed by atoms with E-state index in [1.807, 2.05) is 27.7 Å². The molecular formula is C24H28F2N4. The van der Waals surface area contributed by atoms with Crippen LogP contribution in [-0.4, -0.2) is 16.1 Å². The van der Waals surface area contributed by atoms with Crippen LogP contribution < -0.4 is 9.80 Å². The Labute approximate surface area is 177 Å². The lowest BCUT2D eigenvalue weighted by molar-refractivity contribution is 0.447. The first kappa shape index (κ1) is 21.7. The van der Waals surface area contributed by atoms with Crippen molar-refractivity contribution in [2.75, 3.05) is 9.80 Å². The number of hydrogen-bond acceptors (Lipinski definition) is 4. The molecule has 0 amide bonds. The van der Waals surface area contributed by atoms with Crippen LogP contribution in [0.25, 0.3) is 0 Å². The van der Waals surface area contributed by atoms with E-state index in [4.69, 9.17) is 0 Å². The van der Waals surface area contributed by atoms with E-state index in [0.717, 1.165) is 22.8 Å². The first-order valence-electron chi connectivity index (χ1n) is 10.4. The average Bonchev–Trinajstić information content (AvgIpc) is 3.23. The predicted octanol–water partition coefficient (Wildman–Crippen LogP) is 6.71. The number of hydrogen-bond donors (Lipinski definition) is 0. The number of aromatic nitrogens is 2. The maximum Gasteiger partial charge on any atom is 0.178 e. The van der Waals surface area contributed by atoms with Crippen molar-refractivity contribution >= 4 is 23.0 Å². The molecule has 2 aromatic carbocycles. The number of rotatable bonds is 1. The van der Waals surface area contributed by atoms with E-state index >= 15 is 0 Å². The molecular weight excluding hydrogens is 382 g/mol. The summed E-state index contributed by atoms with van der Waals surface area (Å²) in [5.74, 6) is 0.887. The second kappa shape index (κ2) is 8.38. The number of fused-ring (bicyclic) bond motifs is 5. The van der Waals surface area contributed by atoms with Gasteiger partial charge in [-0.25, -0.2) is 18.7 Å². The summed E-state index contributed by atoms with van der Waals surface area (Å²) >= 11 is 0. The fourth-order valence-corrected chi connectivity index (χ4v) is 4.14. The smallest absolute Gasteiger partial charge is 0.178 e. The first-order valence-corrected chi connectivity index (χ1v) is 10.4. The molecule has 2 aliphatic heterocycles. The molecule has 0 radical (unpaired) electrons. The molecule has 0 saturated carbocycles. The molecule has 158 valence electrons. The van der Waals surface area contributed by atoms with Gasteiger partial charge in [-0.15, -0.1) is 0 Å². The second-order valence-electron chi connectivity index (χ2n) is 7.18. The SMILES string of the molecule is CC.CC.CC1(C)c2cc(F)ccc2N2c3nccnc3N(c3ccc(F)cc3)C21. The Kier molecular flexibility index (Phi) is 6.06. The van der Waals surface area contributed by atoms with E-state index in [-0.39, 0.29) is 17.8 Å². The maximum absolute atomic E-state index is 13.9. The Bertz CT molecular complexity index is 1000. The van der Waals surface area contributed by atoms with Crippen molar-refractivity contribution in [1.29, 1.82) is 0 Å². The Balaban J connectivity index is 0.000000606. The summed E-state index contributed by atoms with van der Waals surface area (Å²) in [7, 11) is 0. The fraction of sp³-hybridized carbons (Fsp3) is 0.333. The van der Waals surface area contributed by atoms with Gasteiger partial charge in [-0.05, 0) is 48.0 Å². The van der Waals surface area contributed by atoms with E-state index in [2.05, 4.69) is 33.6 Å². The van der Waals surface area contributed by atoms with E-state index in [1.54, 1.807) is 36.7 Å². The summed E-state index contributed by atoms with van der Waals surface area (Å²) in [5.41, 5.74) is 2.27. The van der Waals surface area contributed by atoms with Gasteiger partial charge in [-0.3, -0.25) is 0 Å². The minimum absolute atomic E-state index is 0.165. The minimum atomic E-state index is -0.395. The van der Waals surface area contributed by atoms with Crippen LogP contribution in [0.1, 0.15) is 47.1 Å². The standard InChI is InChI=1S/C20H16F2N4.2C2H6/c1-20(2)15-11-13(22)5-8-16(15)26-18-17(23-9-10-24-18)25(19(20)26)14-6-3-12(21)4-7-14;2*1-2/h3-11,19H,1-2H3;2*1-2H3. The van der Waals surface area contributed by atoms with Crippen LogP contribution in [0.15, 0.2) is 54.9 Å². The summed E-state index contributed by atoms with van der Waals surface area (Å²) in [5, 5.41) is 0. The Morgan fingerprint density at radius 3 is 1.90 bits per heavy atom. The van der Waals surface area contributed by atoms with Crippen LogP contribution in [-0.2, 0) is 5.41 Å². The number of benzene rings is 2. The highest BCUT2D eigenvalue weighted by Crippen LogP contribution is 2.57. The molecule has 1 aromatic heterocycles. The lowest BCUT2D eigenvalue weighted by Crippen LogP contribution is -2.46. The van der Waals surface area contributed by atoms with Gasteiger partial charge in [0.05, 0.1) is 0 Å². The average molecular weight is 411 g/mol. The van der Waals surface area contributed by atoms with Gasteiger partial charge in [0, 0.05) is 29.2 Å². The largest absolute Gasteiger partial charge is 0.301 e. The van der Waals surface area contributed by atoms with Crippen LogP contribution in [0.4, 0.5) is 31.8 Å². The fourth-order valence-electron chi connectivity index (χ4n) is 4.14. The molecule has 1 atom stereocenters. The van der Waals surface area contributed by atoms with Crippen molar-refractivity contribution in [3.05, 3.63) is 72.1 Å². The van der Waals surface area contributed by atoms with Crippen molar-refractivity contribution in [3.8, 4) is 0 Å². The zero-order valence-electron chi connectivity index (χ0n) is 18.3. The van der Waals surface area contributed by atoms with Gasteiger partial charge < -0.3 is 9.80 Å². The van der Waals surface area contributed by atoms with E-state index < -0.39 is 5.41 Å². The van der Waals surface area contributed by atoms with E-state index in [0.29, 0.717) is 5.82 Å². The van der Waals surface area contributed by atoms with Crippen LogP contribution in [0.2, 0.25) is 0 Å². The van der Waals surface area contributed by atoms with Crippen LogP contribution in [0.3, 0.4) is 0 Å². The third-order valence-electron chi connectivity index (χ3n) is 5.27. The first-order chi connectivity index (χ1) is 14.5. The normalized spacial score (nSPS) is 17.1. The molecule has 0 saturated heterocycles. The third kappa shape index (κ3) is 3.20. The molecule has 30 heavy (non-hydrogen) atoms. The molecule has 2 aliphatic rings. The zero-order valence-corrected chi connectivity index (χ0v) is 18.3. The van der Waals surface area contributed by atoms with Gasteiger partial charge in [0.25, 0.3) is 0 Å². The van der Waals surface area contributed by atoms with Crippen molar-refractivity contribution in [2.24, 2.45) is 0 Å². The van der Waals surface area contributed by atoms with Crippen LogP contribution in [0.5, 0.6) is 0 Å². The maximum atomic E-state index is 13.9. The summed E-state index contributed by atoms with van der Waals surface area (Å²) < 4.78 is 27.4. The topological polar surface area (TPSA) is 32.3 Å². The van der Waals surface area contributed by atoms with Crippen molar-refractivity contribution in [3.63, 3.8) is 0 Å². The summed E-state index contributed by atoms with van der Waals surface area (Å²) in [6.07, 6.45) is 3.14. The third-order valence-corrected chi connectivity index (χ3v) is 5.27. The van der Waals surface area contributed by atoms with Crippen molar-refractivity contribution in [2.45, 2.75) is 53.1 Å². The molecule has 0 fully saturated rings. The molecule has 1 unspecified atom stereocenters. The highest BCUT2D eigenvalue weighted by Gasteiger charge is 2.54. The highest BCUT2D eigenvalue weighted by atomic mass is 19.1. The van der Waals surface area contributed by atoms with Gasteiger partial charge in [0.1, 0.15) is 17.8 Å². The Morgan fingerprint density at radius 1 is 0.767 bits per heavy atom. The molecule has 3 heterocycles. The van der Waals surface area contributed by atoms with Crippen LogP contribution in [0, 0.1) is 11.6 Å². The van der Waals surface area contributed by atoms with Gasteiger partial charge in [-0.2, -0.15) is 0 Å². The van der Waals surface area contributed by atoms with Crippen LogP contribution >= 0.6 is 0 Å². The van der Waals surface area contributed by atoms with Gasteiger partial charge in [0.15, 0.2) is 11.6 Å². The Morgan fingerprint density at radius 2 is 1.30 bits per heavy atom. The molecule has 0 bridgehead atoms. The summed E-state index contributed by atoms with van der Waals surface area (Å²) in [4.78, 5) is 13.2. The Hall–Kier alpha value is -3.02. The van der Waals surface area contributed by atoms with Gasteiger partial charge in [-0.1, -0.05) is 41.5 Å². The monoisotopic (exact) mass is 410 g/mol. The lowest BCUT2D eigenvalue weighted by atomic mass is 9.83. The van der Waals surface area contributed by atoms with Crippen molar-refractivity contribution in [1.82, 2.24) is 9.97 Å². The second-order valence-corrected chi connectivity index (χ2v) is 7.18. The molecule has 0 aliphatic carbocycles. The molecule has 3 aromatic rings. The molecule has 4 nitrogen and oxygen atoms in total. The quantitative estimate of drug-likeness (QED) is 0.446.